The molecule has 0 saturated heterocycles. The number of aryl methyl sites for hydroxylation is 1. The largest absolute Gasteiger partial charge is 0.315 e. The van der Waals surface area contributed by atoms with Crippen molar-refractivity contribution in [1.29, 1.82) is 0 Å². The number of halogens is 1. The van der Waals surface area contributed by atoms with E-state index in [1.54, 1.807) is 30.4 Å². The van der Waals surface area contributed by atoms with Crippen molar-refractivity contribution in [2.45, 2.75) is 39.7 Å². The third-order valence-corrected chi connectivity index (χ3v) is 4.26. The Kier molecular flexibility index (Phi) is 4.25. The quantitative estimate of drug-likeness (QED) is 0.913. The van der Waals surface area contributed by atoms with Crippen molar-refractivity contribution < 1.29 is 4.39 Å². The molecule has 0 spiro atoms. The summed E-state index contributed by atoms with van der Waals surface area (Å²) in [4.78, 5) is 5.89. The summed E-state index contributed by atoms with van der Waals surface area (Å²) in [7, 11) is 1.92. The van der Waals surface area contributed by atoms with E-state index in [1.807, 2.05) is 13.1 Å². The summed E-state index contributed by atoms with van der Waals surface area (Å²) in [6.45, 7) is 8.95. The van der Waals surface area contributed by atoms with Crippen molar-refractivity contribution in [3.05, 3.63) is 40.2 Å². The van der Waals surface area contributed by atoms with E-state index >= 15 is 0 Å². The summed E-state index contributed by atoms with van der Waals surface area (Å²) in [6, 6.07) is 5.46. The predicted octanol–water partition coefficient (Wildman–Crippen LogP) is 4.27. The van der Waals surface area contributed by atoms with Gasteiger partial charge < -0.3 is 5.32 Å². The maximum Gasteiger partial charge on any atom is 0.136 e. The van der Waals surface area contributed by atoms with Crippen LogP contribution in [0.3, 0.4) is 0 Å². The number of nitrogens with one attached hydrogen (secondary N) is 1. The van der Waals surface area contributed by atoms with Crippen LogP contribution in [0.4, 0.5) is 4.39 Å². The third-order valence-electron chi connectivity index (χ3n) is 3.17. The topological polar surface area (TPSA) is 24.9 Å². The molecule has 2 rings (SSSR count). The Labute approximate surface area is 124 Å². The van der Waals surface area contributed by atoms with Gasteiger partial charge in [0.1, 0.15) is 10.8 Å². The van der Waals surface area contributed by atoms with E-state index in [4.69, 9.17) is 4.98 Å². The SMILES string of the molecule is CNCc1sc(-c2cccc(C)c2F)nc1C(C)(C)C. The molecule has 0 fully saturated rings. The molecule has 0 bridgehead atoms. The molecular weight excluding hydrogens is 271 g/mol. The minimum atomic E-state index is -0.169. The zero-order valence-corrected chi connectivity index (χ0v) is 13.5. The average Bonchev–Trinajstić information content (AvgIpc) is 2.77. The van der Waals surface area contributed by atoms with Gasteiger partial charge in [0.15, 0.2) is 0 Å². The van der Waals surface area contributed by atoms with Crippen molar-refractivity contribution in [2.75, 3.05) is 7.05 Å². The predicted molar refractivity (Wildman–Crippen MR) is 83.7 cm³/mol. The number of nitrogens with zero attached hydrogens (tertiary/aromatic N) is 1. The summed E-state index contributed by atoms with van der Waals surface area (Å²) in [5.74, 6) is -0.169. The van der Waals surface area contributed by atoms with Gasteiger partial charge >= 0.3 is 0 Å². The molecule has 0 unspecified atom stereocenters. The Bertz CT molecular complexity index is 611. The minimum Gasteiger partial charge on any atom is -0.315 e. The normalized spacial score (nSPS) is 11.9. The van der Waals surface area contributed by atoms with Crippen molar-refractivity contribution in [3.8, 4) is 10.6 Å². The van der Waals surface area contributed by atoms with Gasteiger partial charge in [-0.2, -0.15) is 0 Å². The number of benzene rings is 1. The molecule has 2 aromatic rings. The van der Waals surface area contributed by atoms with Crippen LogP contribution in [0.2, 0.25) is 0 Å². The number of thiazole rings is 1. The van der Waals surface area contributed by atoms with Crippen LogP contribution in [0.5, 0.6) is 0 Å². The smallest absolute Gasteiger partial charge is 0.136 e. The first-order chi connectivity index (χ1) is 9.34. The van der Waals surface area contributed by atoms with Gasteiger partial charge in [0.2, 0.25) is 0 Å². The third kappa shape index (κ3) is 2.91. The number of rotatable bonds is 3. The Morgan fingerprint density at radius 1 is 1.30 bits per heavy atom. The van der Waals surface area contributed by atoms with E-state index in [0.717, 1.165) is 17.2 Å². The van der Waals surface area contributed by atoms with Crippen LogP contribution in [0.15, 0.2) is 18.2 Å². The Hall–Kier alpha value is -1.26. The zero-order valence-electron chi connectivity index (χ0n) is 12.7. The van der Waals surface area contributed by atoms with Crippen LogP contribution >= 0.6 is 11.3 Å². The van der Waals surface area contributed by atoms with Crippen LogP contribution < -0.4 is 5.32 Å². The lowest BCUT2D eigenvalue weighted by Crippen LogP contribution is -2.16. The molecule has 20 heavy (non-hydrogen) atoms. The van der Waals surface area contributed by atoms with Gasteiger partial charge in [0.05, 0.1) is 5.69 Å². The Morgan fingerprint density at radius 2 is 2.00 bits per heavy atom. The van der Waals surface area contributed by atoms with E-state index in [2.05, 4.69) is 26.1 Å². The lowest BCUT2D eigenvalue weighted by molar-refractivity contribution is 0.563. The summed E-state index contributed by atoms with van der Waals surface area (Å²) in [5, 5.41) is 3.93. The molecule has 0 aliphatic heterocycles. The lowest BCUT2D eigenvalue weighted by Gasteiger charge is -2.17. The molecule has 0 amide bonds. The fourth-order valence-corrected chi connectivity index (χ4v) is 3.45. The summed E-state index contributed by atoms with van der Waals surface area (Å²) in [5.41, 5.74) is 2.27. The second-order valence-electron chi connectivity index (χ2n) is 6.01. The second-order valence-corrected chi connectivity index (χ2v) is 7.09. The van der Waals surface area contributed by atoms with Crippen LogP contribution in [0.1, 0.15) is 36.9 Å². The van der Waals surface area contributed by atoms with Gasteiger partial charge in [-0.15, -0.1) is 11.3 Å². The molecule has 1 N–H and O–H groups in total. The van der Waals surface area contributed by atoms with Gasteiger partial charge in [0, 0.05) is 22.4 Å². The fraction of sp³-hybridized carbons (Fsp3) is 0.438. The number of hydrogen-bond acceptors (Lipinski definition) is 3. The summed E-state index contributed by atoms with van der Waals surface area (Å²) >= 11 is 1.57. The first-order valence-electron chi connectivity index (χ1n) is 6.75. The second kappa shape index (κ2) is 5.62. The first-order valence-corrected chi connectivity index (χ1v) is 7.56. The molecule has 1 aromatic carbocycles. The highest BCUT2D eigenvalue weighted by Gasteiger charge is 2.24. The van der Waals surface area contributed by atoms with Crippen molar-refractivity contribution >= 4 is 11.3 Å². The van der Waals surface area contributed by atoms with E-state index in [9.17, 15) is 4.39 Å². The van der Waals surface area contributed by atoms with Crippen LogP contribution in [-0.2, 0) is 12.0 Å². The van der Waals surface area contributed by atoms with E-state index in [0.29, 0.717) is 11.1 Å². The van der Waals surface area contributed by atoms with Gasteiger partial charge in [-0.05, 0) is 25.6 Å². The number of aromatic nitrogens is 1. The highest BCUT2D eigenvalue weighted by atomic mass is 32.1. The Morgan fingerprint density at radius 3 is 2.60 bits per heavy atom. The standard InChI is InChI=1S/C16H21FN2S/c1-10-7-6-8-11(13(10)17)15-19-14(16(2,3)4)12(20-15)9-18-5/h6-8,18H,9H2,1-5H3. The molecule has 0 radical (unpaired) electrons. The molecule has 0 saturated carbocycles. The van der Waals surface area contributed by atoms with Crippen LogP contribution in [0, 0.1) is 12.7 Å². The highest BCUT2D eigenvalue weighted by Crippen LogP contribution is 2.35. The molecule has 0 aliphatic rings. The molecule has 0 aliphatic carbocycles. The molecule has 1 heterocycles. The van der Waals surface area contributed by atoms with Gasteiger partial charge in [-0.1, -0.05) is 32.9 Å². The maximum atomic E-state index is 14.3. The van der Waals surface area contributed by atoms with E-state index < -0.39 is 0 Å². The zero-order chi connectivity index (χ0) is 14.9. The summed E-state index contributed by atoms with van der Waals surface area (Å²) < 4.78 is 14.3. The van der Waals surface area contributed by atoms with Gasteiger partial charge in [-0.3, -0.25) is 0 Å². The molecule has 0 atom stereocenters. The molecule has 108 valence electrons. The van der Waals surface area contributed by atoms with Crippen LogP contribution in [0.25, 0.3) is 10.6 Å². The highest BCUT2D eigenvalue weighted by molar-refractivity contribution is 7.15. The fourth-order valence-electron chi connectivity index (χ4n) is 2.15. The summed E-state index contributed by atoms with van der Waals surface area (Å²) in [6.07, 6.45) is 0. The van der Waals surface area contributed by atoms with Crippen molar-refractivity contribution in [3.63, 3.8) is 0 Å². The minimum absolute atomic E-state index is 0.0404. The molecule has 2 nitrogen and oxygen atoms in total. The molecular formula is C16H21FN2S. The van der Waals surface area contributed by atoms with Gasteiger partial charge in [-0.25, -0.2) is 9.37 Å². The maximum absolute atomic E-state index is 14.3. The monoisotopic (exact) mass is 292 g/mol. The van der Waals surface area contributed by atoms with Crippen molar-refractivity contribution in [2.24, 2.45) is 0 Å². The molecule has 1 aromatic heterocycles. The lowest BCUT2D eigenvalue weighted by atomic mass is 9.91. The number of hydrogen-bond donors (Lipinski definition) is 1. The molecule has 4 heteroatoms. The Balaban J connectivity index is 2.56. The van der Waals surface area contributed by atoms with E-state index in [-0.39, 0.29) is 11.2 Å². The van der Waals surface area contributed by atoms with Gasteiger partial charge in [0.25, 0.3) is 0 Å². The first kappa shape index (κ1) is 15.1. The average molecular weight is 292 g/mol. The van der Waals surface area contributed by atoms with E-state index in [1.165, 1.54) is 4.88 Å². The van der Waals surface area contributed by atoms with Crippen LogP contribution in [-0.4, -0.2) is 12.0 Å². The van der Waals surface area contributed by atoms with Crippen molar-refractivity contribution in [1.82, 2.24) is 10.3 Å².